The van der Waals surface area contributed by atoms with Crippen LogP contribution in [0.15, 0.2) is 24.4 Å². The number of nitrogens with one attached hydrogen (secondary N) is 2. The molecule has 0 bridgehead atoms. The Labute approximate surface area is 100 Å². The van der Waals surface area contributed by atoms with E-state index in [1.165, 1.54) is 23.1 Å². The standard InChI is InChI=1S/C12H17N3S/c1-16-6-2-5-13-8-10-3-4-11-9-14-15-12(11)7-10/h3-4,7,9,13H,2,5-6,8H2,1H3,(H,14,15). The second kappa shape index (κ2) is 5.92. The number of hydrogen-bond acceptors (Lipinski definition) is 3. The summed E-state index contributed by atoms with van der Waals surface area (Å²) in [5, 5.41) is 11.6. The van der Waals surface area contributed by atoms with Gasteiger partial charge in [-0.25, -0.2) is 0 Å². The Kier molecular flexibility index (Phi) is 4.25. The Bertz CT molecular complexity index is 439. The lowest BCUT2D eigenvalue weighted by Crippen LogP contribution is -2.15. The van der Waals surface area contributed by atoms with Crippen molar-refractivity contribution in [3.8, 4) is 0 Å². The quantitative estimate of drug-likeness (QED) is 0.755. The predicted octanol–water partition coefficient (Wildman–Crippen LogP) is 2.41. The lowest BCUT2D eigenvalue weighted by molar-refractivity contribution is 0.679. The summed E-state index contributed by atoms with van der Waals surface area (Å²) in [6.07, 6.45) is 5.23. The summed E-state index contributed by atoms with van der Waals surface area (Å²) in [6.45, 7) is 2.02. The first-order chi connectivity index (χ1) is 7.90. The number of hydrogen-bond donors (Lipinski definition) is 2. The molecule has 0 unspecified atom stereocenters. The molecule has 0 spiro atoms. The van der Waals surface area contributed by atoms with Gasteiger partial charge in [-0.3, -0.25) is 5.10 Å². The summed E-state index contributed by atoms with van der Waals surface area (Å²) in [4.78, 5) is 0. The van der Waals surface area contributed by atoms with E-state index in [9.17, 15) is 0 Å². The van der Waals surface area contributed by atoms with Gasteiger partial charge in [-0.1, -0.05) is 12.1 Å². The average Bonchev–Trinajstić information content (AvgIpc) is 2.76. The minimum Gasteiger partial charge on any atom is -0.313 e. The van der Waals surface area contributed by atoms with E-state index >= 15 is 0 Å². The molecule has 0 aliphatic rings. The molecule has 4 heteroatoms. The third-order valence-electron chi connectivity index (χ3n) is 2.54. The Morgan fingerprint density at radius 1 is 1.44 bits per heavy atom. The van der Waals surface area contributed by atoms with Crippen LogP contribution in [0.2, 0.25) is 0 Å². The van der Waals surface area contributed by atoms with E-state index in [-0.39, 0.29) is 0 Å². The zero-order chi connectivity index (χ0) is 11.2. The SMILES string of the molecule is CSCCCNCc1ccc2cn[nH]c2c1. The molecule has 0 saturated heterocycles. The second-order valence-electron chi connectivity index (χ2n) is 3.81. The van der Waals surface area contributed by atoms with Gasteiger partial charge >= 0.3 is 0 Å². The zero-order valence-corrected chi connectivity index (χ0v) is 10.3. The Balaban J connectivity index is 1.84. The maximum atomic E-state index is 4.02. The number of aromatic nitrogens is 2. The van der Waals surface area contributed by atoms with Crippen LogP contribution < -0.4 is 5.32 Å². The fourth-order valence-electron chi connectivity index (χ4n) is 1.67. The van der Waals surface area contributed by atoms with E-state index in [4.69, 9.17) is 0 Å². The molecule has 0 atom stereocenters. The van der Waals surface area contributed by atoms with Crippen molar-refractivity contribution in [1.29, 1.82) is 0 Å². The van der Waals surface area contributed by atoms with E-state index in [0.29, 0.717) is 0 Å². The molecule has 0 fully saturated rings. The number of nitrogens with zero attached hydrogens (tertiary/aromatic N) is 1. The average molecular weight is 235 g/mol. The number of thioether (sulfide) groups is 1. The van der Waals surface area contributed by atoms with Crippen LogP contribution in [-0.2, 0) is 6.54 Å². The van der Waals surface area contributed by atoms with Crippen molar-refractivity contribution >= 4 is 22.7 Å². The van der Waals surface area contributed by atoms with E-state index in [0.717, 1.165) is 18.6 Å². The summed E-state index contributed by atoms with van der Waals surface area (Å²) >= 11 is 1.90. The van der Waals surface area contributed by atoms with Crippen molar-refractivity contribution in [3.63, 3.8) is 0 Å². The lowest BCUT2D eigenvalue weighted by atomic mass is 10.1. The molecule has 0 amide bonds. The maximum absolute atomic E-state index is 4.02. The van der Waals surface area contributed by atoms with Crippen LogP contribution in [0.3, 0.4) is 0 Å². The molecule has 0 aliphatic carbocycles. The van der Waals surface area contributed by atoms with E-state index < -0.39 is 0 Å². The molecule has 3 nitrogen and oxygen atoms in total. The highest BCUT2D eigenvalue weighted by molar-refractivity contribution is 7.98. The molecule has 1 aromatic heterocycles. The molecular formula is C12H17N3S. The van der Waals surface area contributed by atoms with Gasteiger partial charge in [0, 0.05) is 11.9 Å². The first-order valence-electron chi connectivity index (χ1n) is 5.52. The fraction of sp³-hybridized carbons (Fsp3) is 0.417. The second-order valence-corrected chi connectivity index (χ2v) is 4.80. The monoisotopic (exact) mass is 235 g/mol. The summed E-state index contributed by atoms with van der Waals surface area (Å²) in [5.41, 5.74) is 2.42. The molecular weight excluding hydrogens is 218 g/mol. The summed E-state index contributed by atoms with van der Waals surface area (Å²) in [5.74, 6) is 1.23. The van der Waals surface area contributed by atoms with Crippen molar-refractivity contribution in [2.75, 3.05) is 18.6 Å². The third kappa shape index (κ3) is 3.00. The van der Waals surface area contributed by atoms with Crippen molar-refractivity contribution in [2.45, 2.75) is 13.0 Å². The Hall–Kier alpha value is -1.00. The first kappa shape index (κ1) is 11.5. The van der Waals surface area contributed by atoms with Crippen molar-refractivity contribution in [2.24, 2.45) is 0 Å². The number of H-pyrrole nitrogens is 1. The van der Waals surface area contributed by atoms with Gasteiger partial charge in [-0.2, -0.15) is 16.9 Å². The molecule has 2 N–H and O–H groups in total. The minimum absolute atomic E-state index is 0.934. The lowest BCUT2D eigenvalue weighted by Gasteiger charge is -2.04. The molecule has 16 heavy (non-hydrogen) atoms. The number of benzene rings is 1. The first-order valence-corrected chi connectivity index (χ1v) is 6.91. The van der Waals surface area contributed by atoms with Gasteiger partial charge in [-0.15, -0.1) is 0 Å². The van der Waals surface area contributed by atoms with Crippen molar-refractivity contribution < 1.29 is 0 Å². The van der Waals surface area contributed by atoms with Crippen molar-refractivity contribution in [1.82, 2.24) is 15.5 Å². The Morgan fingerprint density at radius 2 is 2.38 bits per heavy atom. The molecule has 2 rings (SSSR count). The summed E-state index contributed by atoms with van der Waals surface area (Å²) in [6, 6.07) is 6.42. The van der Waals surface area contributed by atoms with Gasteiger partial charge < -0.3 is 5.32 Å². The molecule has 1 heterocycles. The molecule has 0 aliphatic heterocycles. The van der Waals surface area contributed by atoms with Crippen LogP contribution >= 0.6 is 11.8 Å². The number of aromatic amines is 1. The topological polar surface area (TPSA) is 40.7 Å². The Morgan fingerprint density at radius 3 is 3.25 bits per heavy atom. The largest absolute Gasteiger partial charge is 0.313 e. The van der Waals surface area contributed by atoms with Crippen LogP contribution in [-0.4, -0.2) is 28.8 Å². The zero-order valence-electron chi connectivity index (χ0n) is 9.49. The van der Waals surface area contributed by atoms with Crippen molar-refractivity contribution in [3.05, 3.63) is 30.0 Å². The van der Waals surface area contributed by atoms with Crippen LogP contribution in [0.1, 0.15) is 12.0 Å². The highest BCUT2D eigenvalue weighted by Crippen LogP contribution is 2.12. The third-order valence-corrected chi connectivity index (χ3v) is 3.23. The highest BCUT2D eigenvalue weighted by atomic mass is 32.2. The minimum atomic E-state index is 0.934. The maximum Gasteiger partial charge on any atom is 0.0653 e. The molecule has 0 saturated carbocycles. The summed E-state index contributed by atoms with van der Waals surface area (Å²) in [7, 11) is 0. The molecule has 2 aromatic rings. The smallest absolute Gasteiger partial charge is 0.0653 e. The summed E-state index contributed by atoms with van der Waals surface area (Å²) < 4.78 is 0. The van der Waals surface area contributed by atoms with Gasteiger partial charge in [0.2, 0.25) is 0 Å². The van der Waals surface area contributed by atoms with Crippen LogP contribution in [0.4, 0.5) is 0 Å². The van der Waals surface area contributed by atoms with Gasteiger partial charge in [0.1, 0.15) is 0 Å². The van der Waals surface area contributed by atoms with Crippen LogP contribution in [0, 0.1) is 0 Å². The van der Waals surface area contributed by atoms with Gasteiger partial charge in [0.05, 0.1) is 11.7 Å². The fourth-order valence-corrected chi connectivity index (χ4v) is 2.10. The predicted molar refractivity (Wildman–Crippen MR) is 70.8 cm³/mol. The van der Waals surface area contributed by atoms with E-state index in [1.807, 2.05) is 18.0 Å². The number of fused-ring (bicyclic) bond motifs is 1. The highest BCUT2D eigenvalue weighted by Gasteiger charge is 1.97. The molecule has 86 valence electrons. The van der Waals surface area contributed by atoms with Crippen LogP contribution in [0.5, 0.6) is 0 Å². The van der Waals surface area contributed by atoms with Crippen LogP contribution in [0.25, 0.3) is 10.9 Å². The van der Waals surface area contributed by atoms with Gasteiger partial charge in [-0.05, 0) is 36.6 Å². The van der Waals surface area contributed by atoms with E-state index in [2.05, 4.69) is 40.0 Å². The number of rotatable bonds is 6. The van der Waals surface area contributed by atoms with Gasteiger partial charge in [0.25, 0.3) is 0 Å². The van der Waals surface area contributed by atoms with Gasteiger partial charge in [0.15, 0.2) is 0 Å². The normalized spacial score (nSPS) is 11.1. The molecule has 0 radical (unpaired) electrons. The molecule has 1 aromatic carbocycles. The van der Waals surface area contributed by atoms with E-state index in [1.54, 1.807) is 0 Å².